The molecule has 23 heavy (non-hydrogen) atoms. The van der Waals surface area contributed by atoms with E-state index in [4.69, 9.17) is 4.74 Å². The number of hydrogen-bond acceptors (Lipinski definition) is 5. The Labute approximate surface area is 139 Å². The summed E-state index contributed by atoms with van der Waals surface area (Å²) >= 11 is 1.22. The number of ether oxygens (including phenoxy) is 1. The fraction of sp³-hybridized carbons (Fsp3) is 0.500. The molecule has 0 aliphatic rings. The zero-order valence-electron chi connectivity index (χ0n) is 13.7. The second kappa shape index (κ2) is 7.31. The summed E-state index contributed by atoms with van der Waals surface area (Å²) in [6.07, 6.45) is 0.625. The molecule has 1 unspecified atom stereocenters. The van der Waals surface area contributed by atoms with Crippen LogP contribution in [0.4, 0.5) is 13.9 Å². The minimum Gasteiger partial charge on any atom is -0.384 e. The minimum absolute atomic E-state index is 0.295. The smallest absolute Gasteiger partial charge is 0.203 e. The highest BCUT2D eigenvalue weighted by molar-refractivity contribution is 7.09. The summed E-state index contributed by atoms with van der Waals surface area (Å²) in [7, 11) is 1.62. The molecule has 0 spiro atoms. The maximum atomic E-state index is 14.2. The van der Waals surface area contributed by atoms with Crippen LogP contribution in [-0.4, -0.2) is 23.1 Å². The predicted molar refractivity (Wildman–Crippen MR) is 87.7 cm³/mol. The lowest BCUT2D eigenvalue weighted by Crippen LogP contribution is -2.26. The molecule has 0 aliphatic heterocycles. The quantitative estimate of drug-likeness (QED) is 0.855. The number of nitrogens with one attached hydrogen (secondary N) is 1. The van der Waals surface area contributed by atoms with Crippen molar-refractivity contribution in [2.75, 3.05) is 19.0 Å². The number of hydrogen-bond donors (Lipinski definition) is 1. The van der Waals surface area contributed by atoms with Gasteiger partial charge in [0.15, 0.2) is 0 Å². The lowest BCUT2D eigenvalue weighted by Gasteiger charge is -2.32. The van der Waals surface area contributed by atoms with Gasteiger partial charge in [-0.05, 0) is 11.5 Å². The van der Waals surface area contributed by atoms with Crippen molar-refractivity contribution in [1.82, 2.24) is 9.36 Å². The van der Waals surface area contributed by atoms with Gasteiger partial charge in [0.2, 0.25) is 5.13 Å². The van der Waals surface area contributed by atoms with Crippen LogP contribution in [0.1, 0.15) is 38.2 Å². The van der Waals surface area contributed by atoms with Crippen LogP contribution in [0, 0.1) is 17.0 Å². The van der Waals surface area contributed by atoms with Crippen LogP contribution < -0.4 is 5.32 Å². The first-order valence-corrected chi connectivity index (χ1v) is 8.11. The third kappa shape index (κ3) is 4.68. The summed E-state index contributed by atoms with van der Waals surface area (Å²) in [5.74, 6) is -0.468. The van der Waals surface area contributed by atoms with E-state index >= 15 is 0 Å². The largest absolute Gasteiger partial charge is 0.384 e. The van der Waals surface area contributed by atoms with Crippen molar-refractivity contribution in [3.63, 3.8) is 0 Å². The molecule has 1 aromatic carbocycles. The Balaban J connectivity index is 2.24. The number of nitrogens with zero attached hydrogens (tertiary/aromatic N) is 2. The first-order valence-electron chi connectivity index (χ1n) is 7.34. The Morgan fingerprint density at radius 3 is 2.65 bits per heavy atom. The Morgan fingerprint density at radius 2 is 2.04 bits per heavy atom. The van der Waals surface area contributed by atoms with Gasteiger partial charge in [0.05, 0.1) is 12.6 Å². The molecule has 4 nitrogen and oxygen atoms in total. The first-order chi connectivity index (χ1) is 10.8. The number of halogens is 2. The Morgan fingerprint density at radius 1 is 1.30 bits per heavy atom. The van der Waals surface area contributed by atoms with Crippen LogP contribution in [0.3, 0.4) is 0 Å². The number of anilines is 1. The average molecular weight is 341 g/mol. The molecule has 1 heterocycles. The maximum absolute atomic E-state index is 14.2. The molecular formula is C16H21F2N3OS. The van der Waals surface area contributed by atoms with Gasteiger partial charge >= 0.3 is 0 Å². The molecule has 1 aromatic heterocycles. The van der Waals surface area contributed by atoms with Crippen molar-refractivity contribution in [2.24, 2.45) is 5.41 Å². The Kier molecular flexibility index (Phi) is 5.64. The van der Waals surface area contributed by atoms with E-state index in [0.717, 1.165) is 6.07 Å². The van der Waals surface area contributed by atoms with E-state index in [2.05, 4.69) is 14.7 Å². The highest BCUT2D eigenvalue weighted by Crippen LogP contribution is 2.37. The lowest BCUT2D eigenvalue weighted by atomic mass is 9.82. The Bertz CT molecular complexity index is 655. The topological polar surface area (TPSA) is 47.0 Å². The van der Waals surface area contributed by atoms with E-state index < -0.39 is 11.6 Å². The summed E-state index contributed by atoms with van der Waals surface area (Å²) in [5.41, 5.74) is 0.115. The van der Waals surface area contributed by atoms with E-state index in [1.54, 1.807) is 7.11 Å². The number of benzene rings is 1. The maximum Gasteiger partial charge on any atom is 0.203 e. The number of methoxy groups -OCH3 is 1. The summed E-state index contributed by atoms with van der Waals surface area (Å²) < 4.78 is 36.6. The van der Waals surface area contributed by atoms with Crippen LogP contribution in [0.2, 0.25) is 0 Å². The zero-order chi connectivity index (χ0) is 17.0. The van der Waals surface area contributed by atoms with E-state index in [9.17, 15) is 8.78 Å². The standard InChI is InChI=1S/C16H21F2N3OS/c1-16(2,3)14(11-6-5-10(17)9-12(11)18)20-15-19-13(21-23-15)7-8-22-4/h5-6,9,14H,7-8H2,1-4H3,(H,19,20,21). The monoisotopic (exact) mass is 341 g/mol. The highest BCUT2D eigenvalue weighted by Gasteiger charge is 2.29. The molecule has 0 bridgehead atoms. The third-order valence-electron chi connectivity index (χ3n) is 3.41. The lowest BCUT2D eigenvalue weighted by molar-refractivity contribution is 0.201. The van der Waals surface area contributed by atoms with Gasteiger partial charge in [0.25, 0.3) is 0 Å². The second-order valence-corrected chi connectivity index (χ2v) is 7.12. The SMILES string of the molecule is COCCc1nsc(NC(c2ccc(F)cc2F)C(C)(C)C)n1. The molecule has 0 fully saturated rings. The van der Waals surface area contributed by atoms with Crippen LogP contribution >= 0.6 is 11.5 Å². The van der Waals surface area contributed by atoms with E-state index in [0.29, 0.717) is 29.5 Å². The van der Waals surface area contributed by atoms with E-state index in [-0.39, 0.29) is 11.5 Å². The molecule has 0 aliphatic carbocycles. The van der Waals surface area contributed by atoms with Crippen LogP contribution in [0.25, 0.3) is 0 Å². The molecule has 0 saturated carbocycles. The minimum atomic E-state index is -0.586. The predicted octanol–water partition coefficient (Wildman–Crippen LogP) is 4.20. The van der Waals surface area contributed by atoms with Crippen LogP contribution in [-0.2, 0) is 11.2 Å². The van der Waals surface area contributed by atoms with E-state index in [1.165, 1.54) is 23.7 Å². The zero-order valence-corrected chi connectivity index (χ0v) is 14.5. The van der Waals surface area contributed by atoms with Gasteiger partial charge in [-0.2, -0.15) is 4.37 Å². The summed E-state index contributed by atoms with van der Waals surface area (Å²) in [4.78, 5) is 4.39. The molecule has 1 atom stereocenters. The van der Waals surface area contributed by atoms with Crippen molar-refractivity contribution in [1.29, 1.82) is 0 Å². The van der Waals surface area contributed by atoms with Crippen molar-refractivity contribution >= 4 is 16.7 Å². The third-order valence-corrected chi connectivity index (χ3v) is 4.09. The van der Waals surface area contributed by atoms with Crippen LogP contribution in [0.5, 0.6) is 0 Å². The molecule has 0 amide bonds. The molecule has 0 radical (unpaired) electrons. The van der Waals surface area contributed by atoms with Gasteiger partial charge in [0, 0.05) is 36.7 Å². The number of aromatic nitrogens is 2. The van der Waals surface area contributed by atoms with Crippen molar-refractivity contribution in [2.45, 2.75) is 33.2 Å². The van der Waals surface area contributed by atoms with Crippen molar-refractivity contribution in [3.05, 3.63) is 41.2 Å². The average Bonchev–Trinajstić information content (AvgIpc) is 2.90. The van der Waals surface area contributed by atoms with Gasteiger partial charge in [-0.25, -0.2) is 13.8 Å². The fourth-order valence-electron chi connectivity index (χ4n) is 2.23. The van der Waals surface area contributed by atoms with Crippen molar-refractivity contribution < 1.29 is 13.5 Å². The first kappa shape index (κ1) is 17.7. The second-order valence-electron chi connectivity index (χ2n) is 6.37. The van der Waals surface area contributed by atoms with Gasteiger partial charge in [0.1, 0.15) is 17.5 Å². The van der Waals surface area contributed by atoms with Crippen LogP contribution in [0.15, 0.2) is 18.2 Å². The van der Waals surface area contributed by atoms with Gasteiger partial charge < -0.3 is 10.1 Å². The fourth-order valence-corrected chi connectivity index (χ4v) is 2.87. The molecule has 1 N–H and O–H groups in total. The highest BCUT2D eigenvalue weighted by atomic mass is 32.1. The summed E-state index contributed by atoms with van der Waals surface area (Å²) in [5, 5.41) is 3.84. The molecule has 0 saturated heterocycles. The summed E-state index contributed by atoms with van der Waals surface area (Å²) in [6, 6.07) is 3.29. The molecule has 2 rings (SSSR count). The summed E-state index contributed by atoms with van der Waals surface area (Å²) in [6.45, 7) is 6.51. The van der Waals surface area contributed by atoms with Gasteiger partial charge in [-0.1, -0.05) is 26.8 Å². The van der Waals surface area contributed by atoms with Gasteiger partial charge in [-0.15, -0.1) is 0 Å². The number of rotatable bonds is 6. The Hall–Kier alpha value is -1.60. The van der Waals surface area contributed by atoms with Gasteiger partial charge in [-0.3, -0.25) is 0 Å². The van der Waals surface area contributed by atoms with E-state index in [1.807, 2.05) is 20.8 Å². The normalized spacial score (nSPS) is 13.1. The van der Waals surface area contributed by atoms with Crippen molar-refractivity contribution in [3.8, 4) is 0 Å². The molecule has 2 aromatic rings. The molecular weight excluding hydrogens is 320 g/mol. The molecule has 126 valence electrons. The molecule has 7 heteroatoms.